The topological polar surface area (TPSA) is 15.3 Å². The van der Waals surface area contributed by atoms with Crippen LogP contribution in [0.4, 0.5) is 0 Å². The third-order valence-electron chi connectivity index (χ3n) is 4.23. The Kier molecular flexibility index (Phi) is 5.70. The van der Waals surface area contributed by atoms with Crippen molar-refractivity contribution >= 4 is 0 Å². The average Bonchev–Trinajstić information content (AvgIpc) is 3.16. The van der Waals surface area contributed by atoms with E-state index in [0.717, 1.165) is 11.8 Å². The Hall–Kier alpha value is -0.0800. The summed E-state index contributed by atoms with van der Waals surface area (Å²) in [6.45, 7) is 12.1. The summed E-state index contributed by atoms with van der Waals surface area (Å²) in [4.78, 5) is 2.77. The molecule has 112 valence electrons. The molecule has 2 rings (SSSR count). The molecule has 2 nitrogen and oxygen atoms in total. The fourth-order valence-corrected chi connectivity index (χ4v) is 2.69. The number of hydrogen-bond acceptors (Lipinski definition) is 2. The lowest BCUT2D eigenvalue weighted by Crippen LogP contribution is -2.36. The molecule has 0 radical (unpaired) electrons. The third kappa shape index (κ3) is 7.94. The molecule has 2 heteroatoms. The predicted molar refractivity (Wildman–Crippen MR) is 83.5 cm³/mol. The number of nitrogens with zero attached hydrogens (tertiary/aromatic N) is 1. The van der Waals surface area contributed by atoms with Crippen LogP contribution >= 0.6 is 0 Å². The summed E-state index contributed by atoms with van der Waals surface area (Å²) in [5.74, 6) is 2.11. The summed E-state index contributed by atoms with van der Waals surface area (Å²) in [5, 5.41) is 3.58. The Labute approximate surface area is 120 Å². The highest BCUT2D eigenvalue weighted by Gasteiger charge is 2.28. The summed E-state index contributed by atoms with van der Waals surface area (Å²) in [6, 6.07) is 0. The van der Waals surface area contributed by atoms with Gasteiger partial charge in [-0.3, -0.25) is 0 Å². The smallest absolute Gasteiger partial charge is 0.00965 e. The largest absolute Gasteiger partial charge is 0.312 e. The minimum absolute atomic E-state index is 0.282. The van der Waals surface area contributed by atoms with Crippen molar-refractivity contribution in [1.82, 2.24) is 10.2 Å². The molecule has 2 aliphatic carbocycles. The molecule has 0 aromatic rings. The Morgan fingerprint density at radius 2 is 1.47 bits per heavy atom. The molecule has 0 spiro atoms. The van der Waals surface area contributed by atoms with Gasteiger partial charge in [0.05, 0.1) is 0 Å². The molecular weight excluding hydrogens is 232 g/mol. The summed E-state index contributed by atoms with van der Waals surface area (Å²) < 4.78 is 0. The lowest BCUT2D eigenvalue weighted by Gasteiger charge is -2.23. The van der Waals surface area contributed by atoms with Crippen LogP contribution in [0.2, 0.25) is 0 Å². The van der Waals surface area contributed by atoms with E-state index in [1.807, 2.05) is 0 Å². The average molecular weight is 266 g/mol. The van der Waals surface area contributed by atoms with Crippen molar-refractivity contribution in [3.05, 3.63) is 0 Å². The second kappa shape index (κ2) is 7.08. The molecule has 2 saturated carbocycles. The Bertz CT molecular complexity index is 234. The van der Waals surface area contributed by atoms with Crippen molar-refractivity contribution in [2.45, 2.75) is 71.3 Å². The number of nitrogens with one attached hydrogen (secondary N) is 1. The number of rotatable bonds is 10. The molecule has 0 heterocycles. The van der Waals surface area contributed by atoms with Gasteiger partial charge in [-0.05, 0) is 84.2 Å². The first-order chi connectivity index (χ1) is 9.03. The third-order valence-corrected chi connectivity index (χ3v) is 4.23. The Morgan fingerprint density at radius 3 is 1.95 bits per heavy atom. The molecule has 0 aromatic heterocycles. The minimum Gasteiger partial charge on any atom is -0.312 e. The SMILES string of the molecule is CC(C)(C)NCCCCCN(CC1CC1)CC1CC1. The van der Waals surface area contributed by atoms with Crippen LogP contribution in [0.5, 0.6) is 0 Å². The standard InChI is InChI=1S/C17H34N2/c1-17(2,3)18-11-5-4-6-12-19(13-15-7-8-15)14-16-9-10-16/h15-16,18H,4-14H2,1-3H3. The minimum atomic E-state index is 0.282. The number of unbranched alkanes of at least 4 members (excludes halogenated alkanes) is 2. The van der Waals surface area contributed by atoms with Crippen LogP contribution in [0.3, 0.4) is 0 Å². The van der Waals surface area contributed by atoms with Crippen LogP contribution in [0.1, 0.15) is 65.7 Å². The Balaban J connectivity index is 1.49. The van der Waals surface area contributed by atoms with Crippen LogP contribution in [-0.4, -0.2) is 36.6 Å². The van der Waals surface area contributed by atoms with Gasteiger partial charge in [-0.15, -0.1) is 0 Å². The van der Waals surface area contributed by atoms with Gasteiger partial charge in [0.2, 0.25) is 0 Å². The fourth-order valence-electron chi connectivity index (χ4n) is 2.69. The summed E-state index contributed by atoms with van der Waals surface area (Å²) in [5.41, 5.74) is 0.282. The summed E-state index contributed by atoms with van der Waals surface area (Å²) in [6.07, 6.45) is 10.1. The second-order valence-electron chi connectivity index (χ2n) is 7.88. The van der Waals surface area contributed by atoms with Crippen molar-refractivity contribution in [2.24, 2.45) is 11.8 Å². The van der Waals surface area contributed by atoms with E-state index in [1.54, 1.807) is 0 Å². The molecule has 0 saturated heterocycles. The highest BCUT2D eigenvalue weighted by Crippen LogP contribution is 2.33. The van der Waals surface area contributed by atoms with E-state index < -0.39 is 0 Å². The van der Waals surface area contributed by atoms with E-state index in [0.29, 0.717) is 0 Å². The van der Waals surface area contributed by atoms with E-state index in [1.165, 1.54) is 71.1 Å². The monoisotopic (exact) mass is 266 g/mol. The van der Waals surface area contributed by atoms with E-state index in [4.69, 9.17) is 0 Å². The Morgan fingerprint density at radius 1 is 0.895 bits per heavy atom. The molecular formula is C17H34N2. The fraction of sp³-hybridized carbons (Fsp3) is 1.00. The normalized spacial score (nSPS) is 20.2. The van der Waals surface area contributed by atoms with Gasteiger partial charge in [-0.25, -0.2) is 0 Å². The van der Waals surface area contributed by atoms with Gasteiger partial charge >= 0.3 is 0 Å². The molecule has 19 heavy (non-hydrogen) atoms. The molecule has 2 aliphatic rings. The van der Waals surface area contributed by atoms with Crippen molar-refractivity contribution in [3.63, 3.8) is 0 Å². The van der Waals surface area contributed by atoms with Crippen LogP contribution < -0.4 is 5.32 Å². The zero-order valence-electron chi connectivity index (χ0n) is 13.4. The first-order valence-corrected chi connectivity index (χ1v) is 8.50. The van der Waals surface area contributed by atoms with Crippen molar-refractivity contribution < 1.29 is 0 Å². The van der Waals surface area contributed by atoms with Gasteiger partial charge in [0.25, 0.3) is 0 Å². The molecule has 0 unspecified atom stereocenters. The lowest BCUT2D eigenvalue weighted by molar-refractivity contribution is 0.246. The van der Waals surface area contributed by atoms with Gasteiger partial charge in [-0.1, -0.05) is 6.42 Å². The van der Waals surface area contributed by atoms with Gasteiger partial charge in [0, 0.05) is 18.6 Å². The number of hydrogen-bond donors (Lipinski definition) is 1. The van der Waals surface area contributed by atoms with E-state index in [2.05, 4.69) is 31.0 Å². The zero-order valence-corrected chi connectivity index (χ0v) is 13.4. The van der Waals surface area contributed by atoms with E-state index in [-0.39, 0.29) is 5.54 Å². The van der Waals surface area contributed by atoms with Gasteiger partial charge in [0.1, 0.15) is 0 Å². The molecule has 0 aromatic carbocycles. The van der Waals surface area contributed by atoms with Crippen LogP contribution in [0.25, 0.3) is 0 Å². The zero-order chi connectivity index (χ0) is 13.7. The van der Waals surface area contributed by atoms with Gasteiger partial charge < -0.3 is 10.2 Å². The first kappa shape index (κ1) is 15.3. The maximum absolute atomic E-state index is 3.58. The summed E-state index contributed by atoms with van der Waals surface area (Å²) >= 11 is 0. The molecule has 1 N–H and O–H groups in total. The van der Waals surface area contributed by atoms with Crippen LogP contribution in [0, 0.1) is 11.8 Å². The van der Waals surface area contributed by atoms with Crippen LogP contribution in [-0.2, 0) is 0 Å². The maximum Gasteiger partial charge on any atom is 0.00965 e. The quantitative estimate of drug-likeness (QED) is 0.607. The maximum atomic E-state index is 3.58. The van der Waals surface area contributed by atoms with Gasteiger partial charge in [-0.2, -0.15) is 0 Å². The highest BCUT2D eigenvalue weighted by atomic mass is 15.1. The molecule has 0 bridgehead atoms. The van der Waals surface area contributed by atoms with Gasteiger partial charge in [0.15, 0.2) is 0 Å². The van der Waals surface area contributed by atoms with Crippen molar-refractivity contribution in [1.29, 1.82) is 0 Å². The van der Waals surface area contributed by atoms with Crippen LogP contribution in [0.15, 0.2) is 0 Å². The first-order valence-electron chi connectivity index (χ1n) is 8.50. The molecule has 0 atom stereocenters. The molecule has 2 fully saturated rings. The van der Waals surface area contributed by atoms with E-state index in [9.17, 15) is 0 Å². The predicted octanol–water partition coefficient (Wildman–Crippen LogP) is 3.67. The molecule has 0 amide bonds. The second-order valence-corrected chi connectivity index (χ2v) is 7.88. The van der Waals surface area contributed by atoms with E-state index >= 15 is 0 Å². The summed E-state index contributed by atoms with van der Waals surface area (Å²) in [7, 11) is 0. The molecule has 0 aliphatic heterocycles. The highest BCUT2D eigenvalue weighted by molar-refractivity contribution is 4.82. The van der Waals surface area contributed by atoms with Crippen molar-refractivity contribution in [2.75, 3.05) is 26.2 Å². The lowest BCUT2D eigenvalue weighted by atomic mass is 10.1. The van der Waals surface area contributed by atoms with Crippen molar-refractivity contribution in [3.8, 4) is 0 Å².